The van der Waals surface area contributed by atoms with Crippen molar-refractivity contribution in [3.8, 4) is 0 Å². The first-order valence-electron chi connectivity index (χ1n) is 6.53. The van der Waals surface area contributed by atoms with Gasteiger partial charge in [-0.2, -0.15) is 13.2 Å². The minimum Gasteiger partial charge on any atom is -0.324 e. The van der Waals surface area contributed by atoms with E-state index in [2.05, 4.69) is 4.98 Å². The highest BCUT2D eigenvalue weighted by molar-refractivity contribution is 5.75. The van der Waals surface area contributed by atoms with E-state index in [1.54, 1.807) is 6.07 Å². The van der Waals surface area contributed by atoms with Gasteiger partial charge in [0.05, 0.1) is 16.6 Å². The molecule has 1 heterocycles. The fourth-order valence-electron chi connectivity index (χ4n) is 2.42. The van der Waals surface area contributed by atoms with Gasteiger partial charge in [-0.1, -0.05) is 24.3 Å². The molecule has 0 aliphatic heterocycles. The Hall–Kier alpha value is -2.30. The van der Waals surface area contributed by atoms with Crippen LogP contribution in [0.1, 0.15) is 17.0 Å². The van der Waals surface area contributed by atoms with Crippen molar-refractivity contribution in [3.05, 3.63) is 65.5 Å². The van der Waals surface area contributed by atoms with Gasteiger partial charge in [-0.15, -0.1) is 0 Å². The molecule has 0 radical (unpaired) electrons. The maximum absolute atomic E-state index is 12.8. The predicted molar refractivity (Wildman–Crippen MR) is 75.0 cm³/mol. The summed E-state index contributed by atoms with van der Waals surface area (Å²) < 4.78 is 40.2. The smallest absolute Gasteiger partial charge is 0.324 e. The van der Waals surface area contributed by atoms with Gasteiger partial charge in [0.15, 0.2) is 0 Å². The zero-order valence-corrected chi connectivity index (χ0v) is 11.4. The normalized spacial score (nSPS) is 12.0. The molecule has 0 N–H and O–H groups in total. The topological polar surface area (TPSA) is 17.8 Å². The molecule has 0 aliphatic carbocycles. The minimum atomic E-state index is -4.32. The lowest BCUT2D eigenvalue weighted by Crippen LogP contribution is -2.07. The number of aryl methyl sites for hydroxylation is 1. The summed E-state index contributed by atoms with van der Waals surface area (Å²) in [6.07, 6.45) is -4.32. The van der Waals surface area contributed by atoms with E-state index < -0.39 is 11.7 Å². The number of fused-ring (bicyclic) bond motifs is 1. The molecule has 3 aromatic rings. The number of para-hydroxylation sites is 2. The third-order valence-electron chi connectivity index (χ3n) is 3.44. The number of imidazole rings is 1. The molecule has 0 saturated heterocycles. The average Bonchev–Trinajstić information content (AvgIpc) is 2.75. The van der Waals surface area contributed by atoms with Crippen molar-refractivity contribution in [2.75, 3.05) is 0 Å². The van der Waals surface area contributed by atoms with Gasteiger partial charge in [-0.05, 0) is 36.8 Å². The summed E-state index contributed by atoms with van der Waals surface area (Å²) in [7, 11) is 0. The van der Waals surface area contributed by atoms with Gasteiger partial charge in [0.2, 0.25) is 0 Å². The average molecular weight is 290 g/mol. The van der Waals surface area contributed by atoms with Gasteiger partial charge in [0, 0.05) is 6.54 Å². The molecule has 1 aromatic heterocycles. The Labute approximate surface area is 119 Å². The molecule has 0 saturated carbocycles. The van der Waals surface area contributed by atoms with E-state index in [1.165, 1.54) is 12.1 Å². The highest BCUT2D eigenvalue weighted by Crippen LogP contribution is 2.30. The number of halogens is 3. The molecule has 21 heavy (non-hydrogen) atoms. The molecule has 0 spiro atoms. The first-order chi connectivity index (χ1) is 9.95. The number of alkyl halides is 3. The van der Waals surface area contributed by atoms with Crippen LogP contribution in [0.3, 0.4) is 0 Å². The van der Waals surface area contributed by atoms with E-state index >= 15 is 0 Å². The second kappa shape index (κ2) is 4.91. The lowest BCUT2D eigenvalue weighted by atomic mass is 10.1. The van der Waals surface area contributed by atoms with Gasteiger partial charge in [0.1, 0.15) is 5.82 Å². The van der Waals surface area contributed by atoms with Crippen molar-refractivity contribution >= 4 is 11.0 Å². The maximum Gasteiger partial charge on any atom is 0.416 e. The van der Waals surface area contributed by atoms with Crippen molar-refractivity contribution in [1.29, 1.82) is 0 Å². The summed E-state index contributed by atoms with van der Waals surface area (Å²) in [5.74, 6) is 0.786. The third kappa shape index (κ3) is 2.63. The maximum atomic E-state index is 12.8. The van der Waals surface area contributed by atoms with Crippen LogP contribution in [0.5, 0.6) is 0 Å². The van der Waals surface area contributed by atoms with Crippen LogP contribution in [0.4, 0.5) is 13.2 Å². The van der Waals surface area contributed by atoms with E-state index in [0.29, 0.717) is 12.1 Å². The minimum absolute atomic E-state index is 0.371. The van der Waals surface area contributed by atoms with Crippen LogP contribution < -0.4 is 0 Å². The Kier molecular flexibility index (Phi) is 3.20. The standard InChI is InChI=1S/C16H13F3N2/c1-11-20-14-7-2-3-8-15(14)21(11)10-12-5-4-6-13(9-12)16(17,18)19/h2-9H,10H2,1H3. The van der Waals surface area contributed by atoms with E-state index in [-0.39, 0.29) is 0 Å². The Morgan fingerprint density at radius 1 is 1.05 bits per heavy atom. The molecule has 0 bridgehead atoms. The lowest BCUT2D eigenvalue weighted by Gasteiger charge is -2.10. The summed E-state index contributed by atoms with van der Waals surface area (Å²) in [5, 5.41) is 0. The number of benzene rings is 2. The number of hydrogen-bond acceptors (Lipinski definition) is 1. The van der Waals surface area contributed by atoms with Gasteiger partial charge in [-0.3, -0.25) is 0 Å². The van der Waals surface area contributed by atoms with Gasteiger partial charge >= 0.3 is 6.18 Å². The Balaban J connectivity index is 2.01. The van der Waals surface area contributed by atoms with E-state index in [9.17, 15) is 13.2 Å². The van der Waals surface area contributed by atoms with Crippen molar-refractivity contribution in [3.63, 3.8) is 0 Å². The number of nitrogens with zero attached hydrogens (tertiary/aromatic N) is 2. The van der Waals surface area contributed by atoms with Gasteiger partial charge < -0.3 is 4.57 Å². The molecule has 0 aliphatic rings. The van der Waals surface area contributed by atoms with E-state index in [4.69, 9.17) is 0 Å². The molecule has 0 fully saturated rings. The molecular weight excluding hydrogens is 277 g/mol. The Bertz CT molecular complexity index is 788. The lowest BCUT2D eigenvalue weighted by molar-refractivity contribution is -0.137. The van der Waals surface area contributed by atoms with Crippen LogP contribution in [-0.2, 0) is 12.7 Å². The Morgan fingerprint density at radius 2 is 1.81 bits per heavy atom. The second-order valence-corrected chi connectivity index (χ2v) is 4.93. The number of aromatic nitrogens is 2. The number of hydrogen-bond donors (Lipinski definition) is 0. The zero-order valence-electron chi connectivity index (χ0n) is 11.4. The summed E-state index contributed by atoms with van der Waals surface area (Å²) in [6.45, 7) is 2.23. The van der Waals surface area contributed by atoms with Crippen molar-refractivity contribution in [1.82, 2.24) is 9.55 Å². The molecular formula is C16H13F3N2. The number of rotatable bonds is 2. The van der Waals surface area contributed by atoms with Crippen LogP contribution in [-0.4, -0.2) is 9.55 Å². The Morgan fingerprint density at radius 3 is 2.57 bits per heavy atom. The van der Waals surface area contributed by atoms with Crippen LogP contribution in [0.2, 0.25) is 0 Å². The quantitative estimate of drug-likeness (QED) is 0.683. The first kappa shape index (κ1) is 13.7. The largest absolute Gasteiger partial charge is 0.416 e. The second-order valence-electron chi connectivity index (χ2n) is 4.93. The van der Waals surface area contributed by atoms with E-state index in [1.807, 2.05) is 35.8 Å². The summed E-state index contributed by atoms with van der Waals surface area (Å²) in [6, 6.07) is 13.0. The summed E-state index contributed by atoms with van der Waals surface area (Å²) in [5.41, 5.74) is 1.76. The van der Waals surface area contributed by atoms with Crippen LogP contribution in [0, 0.1) is 6.92 Å². The third-order valence-corrected chi connectivity index (χ3v) is 3.44. The van der Waals surface area contributed by atoms with Crippen molar-refractivity contribution in [2.24, 2.45) is 0 Å². The molecule has 2 aromatic carbocycles. The first-order valence-corrected chi connectivity index (χ1v) is 6.53. The van der Waals surface area contributed by atoms with Crippen LogP contribution >= 0.6 is 0 Å². The molecule has 2 nitrogen and oxygen atoms in total. The van der Waals surface area contributed by atoms with Crippen molar-refractivity contribution in [2.45, 2.75) is 19.6 Å². The molecule has 0 unspecified atom stereocenters. The van der Waals surface area contributed by atoms with E-state index in [0.717, 1.165) is 22.9 Å². The molecule has 3 rings (SSSR count). The molecule has 0 amide bonds. The molecule has 5 heteroatoms. The summed E-state index contributed by atoms with van der Waals surface area (Å²) in [4.78, 5) is 4.42. The molecule has 108 valence electrons. The fourth-order valence-corrected chi connectivity index (χ4v) is 2.42. The van der Waals surface area contributed by atoms with Crippen LogP contribution in [0.15, 0.2) is 48.5 Å². The zero-order chi connectivity index (χ0) is 15.0. The van der Waals surface area contributed by atoms with Crippen molar-refractivity contribution < 1.29 is 13.2 Å². The highest BCUT2D eigenvalue weighted by atomic mass is 19.4. The fraction of sp³-hybridized carbons (Fsp3) is 0.188. The predicted octanol–water partition coefficient (Wildman–Crippen LogP) is 4.41. The van der Waals surface area contributed by atoms with Crippen LogP contribution in [0.25, 0.3) is 11.0 Å². The highest BCUT2D eigenvalue weighted by Gasteiger charge is 2.30. The summed E-state index contributed by atoms with van der Waals surface area (Å²) >= 11 is 0. The molecule has 0 atom stereocenters. The monoisotopic (exact) mass is 290 g/mol. The van der Waals surface area contributed by atoms with Gasteiger partial charge in [0.25, 0.3) is 0 Å². The van der Waals surface area contributed by atoms with Gasteiger partial charge in [-0.25, -0.2) is 4.98 Å². The SMILES string of the molecule is Cc1nc2ccccc2n1Cc1cccc(C(F)(F)F)c1.